The second-order valence-corrected chi connectivity index (χ2v) is 4.74. The molecule has 2 N–H and O–H groups in total. The highest BCUT2D eigenvalue weighted by atomic mass is 35.5. The first-order chi connectivity index (χ1) is 7.29. The fraction of sp³-hybridized carbons (Fsp3) is 0.600. The molecule has 1 aliphatic rings. The van der Waals surface area contributed by atoms with Gasteiger partial charge >= 0.3 is 0 Å². The maximum Gasteiger partial charge on any atom is 0.243 e. The van der Waals surface area contributed by atoms with Gasteiger partial charge in [0.2, 0.25) is 5.91 Å². The van der Waals surface area contributed by atoms with Crippen molar-refractivity contribution >= 4 is 34.8 Å². The molecule has 0 aliphatic carbocycles. The van der Waals surface area contributed by atoms with Crippen molar-refractivity contribution in [2.75, 3.05) is 11.9 Å². The summed E-state index contributed by atoms with van der Waals surface area (Å²) < 4.78 is 0. The first-order valence-corrected chi connectivity index (χ1v) is 6.10. The van der Waals surface area contributed by atoms with Crippen LogP contribution in [0.4, 0.5) is 5.13 Å². The van der Waals surface area contributed by atoms with E-state index in [1.54, 1.807) is 11.3 Å². The monoisotopic (exact) mass is 261 g/mol. The Labute approximate surface area is 105 Å². The molecular weight excluding hydrogens is 246 g/mol. The minimum atomic E-state index is -0.0287. The average molecular weight is 262 g/mol. The number of amides is 1. The molecule has 1 saturated heterocycles. The van der Waals surface area contributed by atoms with Gasteiger partial charge in [0.1, 0.15) is 0 Å². The van der Waals surface area contributed by atoms with E-state index in [0.717, 1.165) is 25.8 Å². The first kappa shape index (κ1) is 13.4. The highest BCUT2D eigenvalue weighted by Gasteiger charge is 2.22. The van der Waals surface area contributed by atoms with Crippen molar-refractivity contribution in [3.05, 3.63) is 11.1 Å². The molecule has 16 heavy (non-hydrogen) atoms. The summed E-state index contributed by atoms with van der Waals surface area (Å²) in [5.74, 6) is 0.0458. The van der Waals surface area contributed by atoms with Crippen molar-refractivity contribution in [1.29, 1.82) is 0 Å². The Hall–Kier alpha value is -0.650. The van der Waals surface area contributed by atoms with E-state index in [2.05, 4.69) is 22.5 Å². The van der Waals surface area contributed by atoms with Crippen LogP contribution < -0.4 is 10.6 Å². The molecule has 1 aromatic heterocycles. The number of aryl methyl sites for hydroxylation is 1. The number of thiazole rings is 1. The molecule has 1 atom stereocenters. The fourth-order valence-electron chi connectivity index (χ4n) is 1.63. The minimum absolute atomic E-state index is 0. The summed E-state index contributed by atoms with van der Waals surface area (Å²) >= 11 is 1.55. The highest BCUT2D eigenvalue weighted by molar-refractivity contribution is 7.15. The summed E-state index contributed by atoms with van der Waals surface area (Å²) in [6.45, 7) is 3.02. The molecule has 1 aliphatic heterocycles. The van der Waals surface area contributed by atoms with Crippen molar-refractivity contribution in [2.24, 2.45) is 0 Å². The molecule has 2 rings (SSSR count). The van der Waals surface area contributed by atoms with Gasteiger partial charge in [-0.1, -0.05) is 6.92 Å². The summed E-state index contributed by atoms with van der Waals surface area (Å²) in [4.78, 5) is 17.1. The van der Waals surface area contributed by atoms with Gasteiger partial charge in [-0.2, -0.15) is 0 Å². The number of rotatable bonds is 3. The molecular formula is C10H16ClN3OS. The number of hydrogen-bond donors (Lipinski definition) is 2. The van der Waals surface area contributed by atoms with Gasteiger partial charge in [0.05, 0.1) is 6.04 Å². The number of nitrogens with zero attached hydrogens (tertiary/aromatic N) is 1. The van der Waals surface area contributed by atoms with Crippen LogP contribution in [0.2, 0.25) is 0 Å². The van der Waals surface area contributed by atoms with Crippen LogP contribution in [0.3, 0.4) is 0 Å². The van der Waals surface area contributed by atoms with E-state index in [1.165, 1.54) is 4.88 Å². The molecule has 6 heteroatoms. The van der Waals surface area contributed by atoms with Gasteiger partial charge in [0.15, 0.2) is 5.13 Å². The lowest BCUT2D eigenvalue weighted by atomic mass is 10.2. The molecule has 90 valence electrons. The predicted octanol–water partition coefficient (Wildman–Crippen LogP) is 1.82. The lowest BCUT2D eigenvalue weighted by Crippen LogP contribution is -2.35. The Bertz CT molecular complexity index is 350. The lowest BCUT2D eigenvalue weighted by molar-refractivity contribution is -0.117. The number of carbonyl (C=O) groups is 1. The maximum absolute atomic E-state index is 11.7. The average Bonchev–Trinajstić information content (AvgIpc) is 2.87. The van der Waals surface area contributed by atoms with Gasteiger partial charge in [0.25, 0.3) is 0 Å². The van der Waals surface area contributed by atoms with E-state index in [0.29, 0.717) is 5.13 Å². The number of aromatic nitrogens is 1. The number of nitrogens with one attached hydrogen (secondary N) is 2. The highest BCUT2D eigenvalue weighted by Crippen LogP contribution is 2.19. The zero-order chi connectivity index (χ0) is 10.7. The third kappa shape index (κ3) is 3.17. The number of anilines is 1. The standard InChI is InChI=1S/C10H15N3OS.ClH/c1-2-7-6-12-10(15-7)13-9(14)8-4-3-5-11-8;/h6,8,11H,2-5H2,1H3,(H,12,13,14);1H/t8-;/m0./s1. The van der Waals surface area contributed by atoms with Crippen LogP contribution in [-0.4, -0.2) is 23.5 Å². The molecule has 0 unspecified atom stereocenters. The zero-order valence-electron chi connectivity index (χ0n) is 9.16. The third-order valence-electron chi connectivity index (χ3n) is 2.51. The smallest absolute Gasteiger partial charge is 0.243 e. The van der Waals surface area contributed by atoms with E-state index >= 15 is 0 Å². The quantitative estimate of drug-likeness (QED) is 0.873. The topological polar surface area (TPSA) is 54.0 Å². The van der Waals surface area contributed by atoms with Crippen LogP contribution in [0.1, 0.15) is 24.6 Å². The summed E-state index contributed by atoms with van der Waals surface area (Å²) in [6.07, 6.45) is 4.80. The summed E-state index contributed by atoms with van der Waals surface area (Å²) in [5, 5.41) is 6.72. The second kappa shape index (κ2) is 6.18. The molecule has 0 radical (unpaired) electrons. The van der Waals surface area contributed by atoms with E-state index in [1.807, 2.05) is 6.20 Å². The van der Waals surface area contributed by atoms with E-state index in [-0.39, 0.29) is 24.4 Å². The maximum atomic E-state index is 11.7. The van der Waals surface area contributed by atoms with Crippen molar-refractivity contribution in [3.63, 3.8) is 0 Å². The summed E-state index contributed by atoms with van der Waals surface area (Å²) in [6, 6.07) is -0.0287. The zero-order valence-corrected chi connectivity index (χ0v) is 10.8. The Kier molecular flexibility index (Phi) is 5.18. The van der Waals surface area contributed by atoms with Gasteiger partial charge in [-0.15, -0.1) is 23.7 Å². The molecule has 0 saturated carbocycles. The van der Waals surface area contributed by atoms with E-state index in [4.69, 9.17) is 0 Å². The van der Waals surface area contributed by atoms with Crippen LogP contribution in [0.25, 0.3) is 0 Å². The van der Waals surface area contributed by atoms with Crippen LogP contribution >= 0.6 is 23.7 Å². The number of halogens is 1. The van der Waals surface area contributed by atoms with Gasteiger partial charge in [0, 0.05) is 11.1 Å². The number of hydrogen-bond acceptors (Lipinski definition) is 4. The molecule has 2 heterocycles. The second-order valence-electron chi connectivity index (χ2n) is 3.62. The van der Waals surface area contributed by atoms with Gasteiger partial charge in [-0.05, 0) is 25.8 Å². The molecule has 1 fully saturated rings. The van der Waals surface area contributed by atoms with Gasteiger partial charge in [-0.25, -0.2) is 4.98 Å². The minimum Gasteiger partial charge on any atom is -0.306 e. The summed E-state index contributed by atoms with van der Waals surface area (Å²) in [7, 11) is 0. The normalized spacial score (nSPS) is 19.2. The number of carbonyl (C=O) groups excluding carboxylic acids is 1. The molecule has 0 aromatic carbocycles. The van der Waals surface area contributed by atoms with Crippen molar-refractivity contribution < 1.29 is 4.79 Å². The van der Waals surface area contributed by atoms with Crippen LogP contribution in [0, 0.1) is 0 Å². The van der Waals surface area contributed by atoms with Crippen molar-refractivity contribution in [3.8, 4) is 0 Å². The fourth-order valence-corrected chi connectivity index (χ4v) is 2.38. The van der Waals surface area contributed by atoms with Crippen LogP contribution in [0.15, 0.2) is 6.20 Å². The van der Waals surface area contributed by atoms with Crippen molar-refractivity contribution in [2.45, 2.75) is 32.2 Å². The SMILES string of the molecule is CCc1cnc(NC(=O)[C@@H]2CCCN2)s1.Cl. The van der Waals surface area contributed by atoms with E-state index < -0.39 is 0 Å². The Morgan fingerprint density at radius 2 is 2.56 bits per heavy atom. The summed E-state index contributed by atoms with van der Waals surface area (Å²) in [5.41, 5.74) is 0. The Morgan fingerprint density at radius 3 is 3.12 bits per heavy atom. The largest absolute Gasteiger partial charge is 0.306 e. The van der Waals surface area contributed by atoms with Crippen LogP contribution in [-0.2, 0) is 11.2 Å². The molecule has 1 amide bonds. The van der Waals surface area contributed by atoms with Crippen molar-refractivity contribution in [1.82, 2.24) is 10.3 Å². The van der Waals surface area contributed by atoms with Crippen LogP contribution in [0.5, 0.6) is 0 Å². The first-order valence-electron chi connectivity index (χ1n) is 5.28. The van der Waals surface area contributed by atoms with Gasteiger partial charge in [-0.3, -0.25) is 4.79 Å². The molecule has 4 nitrogen and oxygen atoms in total. The Balaban J connectivity index is 0.00000128. The molecule has 0 spiro atoms. The lowest BCUT2D eigenvalue weighted by Gasteiger charge is -2.08. The molecule has 0 bridgehead atoms. The predicted molar refractivity (Wildman–Crippen MR) is 68.4 cm³/mol. The molecule has 1 aromatic rings. The third-order valence-corrected chi connectivity index (χ3v) is 3.57. The van der Waals surface area contributed by atoms with Gasteiger partial charge < -0.3 is 10.6 Å². The van der Waals surface area contributed by atoms with E-state index in [9.17, 15) is 4.79 Å². The Morgan fingerprint density at radius 1 is 1.75 bits per heavy atom.